The Labute approximate surface area is 119 Å². The van der Waals surface area contributed by atoms with Gasteiger partial charge in [0.25, 0.3) is 0 Å². The lowest BCUT2D eigenvalue weighted by molar-refractivity contribution is -0.122. The minimum absolute atomic E-state index is 0.0167. The Balaban J connectivity index is 2.77. The van der Waals surface area contributed by atoms with Gasteiger partial charge in [-0.05, 0) is 31.2 Å². The van der Waals surface area contributed by atoms with Crippen molar-refractivity contribution in [3.05, 3.63) is 36.9 Å². The molecule has 1 aromatic rings. The lowest BCUT2D eigenvalue weighted by Gasteiger charge is -2.20. The highest BCUT2D eigenvalue weighted by Crippen LogP contribution is 2.19. The van der Waals surface area contributed by atoms with E-state index in [-0.39, 0.29) is 18.4 Å². The van der Waals surface area contributed by atoms with Crippen molar-refractivity contribution in [2.75, 3.05) is 24.6 Å². The van der Waals surface area contributed by atoms with Crippen molar-refractivity contribution >= 4 is 17.5 Å². The number of amides is 2. The van der Waals surface area contributed by atoms with E-state index >= 15 is 0 Å². The van der Waals surface area contributed by atoms with Gasteiger partial charge in [0, 0.05) is 19.2 Å². The van der Waals surface area contributed by atoms with Gasteiger partial charge in [0.2, 0.25) is 11.8 Å². The minimum Gasteiger partial charge on any atom is -0.494 e. The summed E-state index contributed by atoms with van der Waals surface area (Å²) in [5.41, 5.74) is 0.662. The van der Waals surface area contributed by atoms with Gasteiger partial charge < -0.3 is 15.0 Å². The molecule has 0 aromatic heterocycles. The molecule has 0 atom stereocenters. The Bertz CT molecular complexity index is 469. The van der Waals surface area contributed by atoms with Crippen LogP contribution in [0.4, 0.5) is 5.69 Å². The van der Waals surface area contributed by atoms with Gasteiger partial charge in [-0.3, -0.25) is 9.59 Å². The summed E-state index contributed by atoms with van der Waals surface area (Å²) in [5, 5.41) is 2.64. The zero-order chi connectivity index (χ0) is 15.0. The number of hydrogen-bond acceptors (Lipinski definition) is 3. The first kappa shape index (κ1) is 15.8. The van der Waals surface area contributed by atoms with Gasteiger partial charge >= 0.3 is 0 Å². The highest BCUT2D eigenvalue weighted by molar-refractivity contribution is 5.97. The van der Waals surface area contributed by atoms with E-state index in [1.807, 2.05) is 6.92 Å². The molecule has 1 aromatic carbocycles. The number of nitrogens with zero attached hydrogens (tertiary/aromatic N) is 1. The van der Waals surface area contributed by atoms with Gasteiger partial charge in [-0.25, -0.2) is 0 Å². The molecule has 0 bridgehead atoms. The Morgan fingerprint density at radius 1 is 1.35 bits per heavy atom. The van der Waals surface area contributed by atoms with Gasteiger partial charge in [0.15, 0.2) is 0 Å². The molecule has 0 aliphatic heterocycles. The number of benzene rings is 1. The van der Waals surface area contributed by atoms with Crippen LogP contribution < -0.4 is 15.0 Å². The topological polar surface area (TPSA) is 58.6 Å². The fourth-order valence-electron chi connectivity index (χ4n) is 1.66. The van der Waals surface area contributed by atoms with E-state index in [1.54, 1.807) is 30.3 Å². The van der Waals surface area contributed by atoms with Crippen molar-refractivity contribution in [2.24, 2.45) is 0 Å². The summed E-state index contributed by atoms with van der Waals surface area (Å²) in [6.07, 6.45) is 1.59. The molecule has 2 amide bonds. The molecule has 1 N–H and O–H groups in total. The molecule has 5 nitrogen and oxygen atoms in total. The highest BCUT2D eigenvalue weighted by Gasteiger charge is 2.15. The molecule has 0 aliphatic rings. The van der Waals surface area contributed by atoms with E-state index in [0.717, 1.165) is 5.75 Å². The number of hydrogen-bond donors (Lipinski definition) is 1. The second kappa shape index (κ2) is 7.99. The molecule has 1 rings (SSSR count). The van der Waals surface area contributed by atoms with Crippen LogP contribution in [0.25, 0.3) is 0 Å². The standard InChI is InChI=1S/C15H20N2O3/c1-4-10-16-15(19)11-17(12(3)18)13-6-8-14(9-7-13)20-5-2/h4,6-9H,1,5,10-11H2,2-3H3,(H,16,19). The Morgan fingerprint density at radius 3 is 2.50 bits per heavy atom. The molecule has 0 radical (unpaired) electrons. The van der Waals surface area contributed by atoms with E-state index in [2.05, 4.69) is 11.9 Å². The van der Waals surface area contributed by atoms with Crippen molar-refractivity contribution in [3.63, 3.8) is 0 Å². The molecular formula is C15H20N2O3. The fraction of sp³-hybridized carbons (Fsp3) is 0.333. The third-order valence-electron chi connectivity index (χ3n) is 2.58. The average Bonchev–Trinajstić information content (AvgIpc) is 2.43. The molecule has 0 spiro atoms. The lowest BCUT2D eigenvalue weighted by Crippen LogP contribution is -2.39. The van der Waals surface area contributed by atoms with Crippen LogP contribution in [0.15, 0.2) is 36.9 Å². The number of anilines is 1. The second-order valence-corrected chi connectivity index (χ2v) is 4.12. The lowest BCUT2D eigenvalue weighted by atomic mass is 10.2. The summed E-state index contributed by atoms with van der Waals surface area (Å²) in [4.78, 5) is 24.8. The van der Waals surface area contributed by atoms with Gasteiger partial charge in [0.1, 0.15) is 12.3 Å². The maximum atomic E-state index is 11.7. The summed E-state index contributed by atoms with van der Waals surface area (Å²) >= 11 is 0. The van der Waals surface area contributed by atoms with Crippen LogP contribution in [0.3, 0.4) is 0 Å². The number of rotatable bonds is 7. The maximum Gasteiger partial charge on any atom is 0.240 e. The second-order valence-electron chi connectivity index (χ2n) is 4.12. The summed E-state index contributed by atoms with van der Waals surface area (Å²) in [7, 11) is 0. The first-order valence-electron chi connectivity index (χ1n) is 6.47. The largest absolute Gasteiger partial charge is 0.494 e. The minimum atomic E-state index is -0.228. The van der Waals surface area contributed by atoms with Crippen LogP contribution in [0, 0.1) is 0 Å². The molecule has 0 unspecified atom stereocenters. The summed E-state index contributed by atoms with van der Waals surface area (Å²) < 4.78 is 5.34. The Hall–Kier alpha value is -2.30. The zero-order valence-corrected chi connectivity index (χ0v) is 11.9. The van der Waals surface area contributed by atoms with Crippen LogP contribution >= 0.6 is 0 Å². The zero-order valence-electron chi connectivity index (χ0n) is 11.9. The fourth-order valence-corrected chi connectivity index (χ4v) is 1.66. The van der Waals surface area contributed by atoms with Gasteiger partial charge in [-0.1, -0.05) is 6.08 Å². The molecular weight excluding hydrogens is 256 g/mol. The van der Waals surface area contributed by atoms with Gasteiger partial charge in [0.05, 0.1) is 6.61 Å². The summed E-state index contributed by atoms with van der Waals surface area (Å²) in [5.74, 6) is 0.313. The molecule has 0 saturated heterocycles. The first-order chi connectivity index (χ1) is 9.58. The summed E-state index contributed by atoms with van der Waals surface area (Å²) in [6, 6.07) is 7.06. The van der Waals surface area contributed by atoms with Crippen LogP contribution in [-0.4, -0.2) is 31.5 Å². The van der Waals surface area contributed by atoms with Gasteiger partial charge in [-0.15, -0.1) is 6.58 Å². The SMILES string of the molecule is C=CCNC(=O)CN(C(C)=O)c1ccc(OCC)cc1. The van der Waals surface area contributed by atoms with Crippen LogP contribution in [0.5, 0.6) is 5.75 Å². The molecule has 5 heteroatoms. The monoisotopic (exact) mass is 276 g/mol. The van der Waals surface area contributed by atoms with E-state index in [0.29, 0.717) is 18.8 Å². The third-order valence-corrected chi connectivity index (χ3v) is 2.58. The Morgan fingerprint density at radius 2 is 2.00 bits per heavy atom. The quantitative estimate of drug-likeness (QED) is 0.772. The molecule has 0 aliphatic carbocycles. The molecule has 0 fully saturated rings. The number of carbonyl (C=O) groups excluding carboxylic acids is 2. The van der Waals surface area contributed by atoms with Crippen molar-refractivity contribution < 1.29 is 14.3 Å². The van der Waals surface area contributed by atoms with Crippen LogP contribution in [0.1, 0.15) is 13.8 Å². The van der Waals surface area contributed by atoms with E-state index < -0.39 is 0 Å². The average molecular weight is 276 g/mol. The van der Waals surface area contributed by atoms with Crippen LogP contribution in [0.2, 0.25) is 0 Å². The van der Waals surface area contributed by atoms with Crippen molar-refractivity contribution in [1.82, 2.24) is 5.32 Å². The number of ether oxygens (including phenoxy) is 1. The molecule has 108 valence electrons. The molecule has 0 heterocycles. The highest BCUT2D eigenvalue weighted by atomic mass is 16.5. The maximum absolute atomic E-state index is 11.7. The van der Waals surface area contributed by atoms with E-state index in [1.165, 1.54) is 11.8 Å². The summed E-state index contributed by atoms with van der Waals surface area (Å²) in [6.45, 7) is 7.80. The smallest absolute Gasteiger partial charge is 0.240 e. The molecule has 20 heavy (non-hydrogen) atoms. The first-order valence-corrected chi connectivity index (χ1v) is 6.47. The van der Waals surface area contributed by atoms with Crippen molar-refractivity contribution in [3.8, 4) is 5.75 Å². The molecule has 0 saturated carbocycles. The normalized spacial score (nSPS) is 9.70. The van der Waals surface area contributed by atoms with Crippen LogP contribution in [-0.2, 0) is 9.59 Å². The van der Waals surface area contributed by atoms with Crippen molar-refractivity contribution in [1.29, 1.82) is 0 Å². The predicted octanol–water partition coefficient (Wildman–Crippen LogP) is 1.74. The van der Waals surface area contributed by atoms with Gasteiger partial charge in [-0.2, -0.15) is 0 Å². The van der Waals surface area contributed by atoms with E-state index in [4.69, 9.17) is 4.74 Å². The van der Waals surface area contributed by atoms with Crippen molar-refractivity contribution in [2.45, 2.75) is 13.8 Å². The number of carbonyl (C=O) groups is 2. The predicted molar refractivity (Wildman–Crippen MR) is 78.8 cm³/mol. The third kappa shape index (κ3) is 4.76. The van der Waals surface area contributed by atoms with E-state index in [9.17, 15) is 9.59 Å². The number of nitrogens with one attached hydrogen (secondary N) is 1. The Kier molecular flexibility index (Phi) is 6.29.